The second kappa shape index (κ2) is 6.46. The molecule has 1 aliphatic rings. The lowest BCUT2D eigenvalue weighted by Gasteiger charge is -2.28. The van der Waals surface area contributed by atoms with Crippen LogP contribution in [0.1, 0.15) is 11.1 Å². The van der Waals surface area contributed by atoms with E-state index < -0.39 is 0 Å². The van der Waals surface area contributed by atoms with E-state index in [1.165, 1.54) is 0 Å². The van der Waals surface area contributed by atoms with Gasteiger partial charge in [-0.15, -0.1) is 0 Å². The molecule has 2 aromatic heterocycles. The minimum atomic E-state index is 0.456. The Morgan fingerprint density at radius 2 is 2.07 bits per heavy atom. The molecule has 1 aromatic carbocycles. The summed E-state index contributed by atoms with van der Waals surface area (Å²) in [4.78, 5) is 6.17. The summed E-state index contributed by atoms with van der Waals surface area (Å²) in [7, 11) is 0. The number of anilines is 1. The van der Waals surface area contributed by atoms with Gasteiger partial charge >= 0.3 is 0 Å². The van der Waals surface area contributed by atoms with Gasteiger partial charge in [-0.05, 0) is 35.9 Å². The van der Waals surface area contributed by atoms with E-state index in [0.29, 0.717) is 5.82 Å². The fourth-order valence-electron chi connectivity index (χ4n) is 3.28. The van der Waals surface area contributed by atoms with Gasteiger partial charge in [-0.25, -0.2) is 4.98 Å². The van der Waals surface area contributed by atoms with Gasteiger partial charge in [0.05, 0.1) is 10.9 Å². The Bertz CT molecular complexity index is 1150. The molecule has 0 fully saturated rings. The van der Waals surface area contributed by atoms with Crippen LogP contribution in [0.25, 0.3) is 33.9 Å². The first-order valence-electron chi connectivity index (χ1n) is 8.49. The zero-order valence-electron chi connectivity index (χ0n) is 14.8. The second-order valence-corrected chi connectivity index (χ2v) is 6.16. The molecule has 4 rings (SSSR count). The number of aromatic amines is 1. The van der Waals surface area contributed by atoms with Crippen molar-refractivity contribution in [3.05, 3.63) is 91.5 Å². The molecule has 0 unspecified atom stereocenters. The highest BCUT2D eigenvalue weighted by Crippen LogP contribution is 2.36. The van der Waals surface area contributed by atoms with Crippen molar-refractivity contribution in [2.24, 2.45) is 0 Å². The average molecular weight is 353 g/mol. The van der Waals surface area contributed by atoms with Crippen molar-refractivity contribution in [2.45, 2.75) is 0 Å². The standard InChI is InChI=1S/C22H19N5/c1-4-6-17(5-2)27-12-10-15-7-8-16(13-18(15)14(27)3)21-20-19(25-26-21)9-11-24-22(20)23/h4-13H,1-3H2,(H2,23,24)(H,25,26)/b17-6+. The van der Waals surface area contributed by atoms with Gasteiger partial charge in [-0.2, -0.15) is 5.10 Å². The molecule has 27 heavy (non-hydrogen) atoms. The predicted octanol–water partition coefficient (Wildman–Crippen LogP) is 4.72. The van der Waals surface area contributed by atoms with Crippen molar-refractivity contribution in [2.75, 3.05) is 5.73 Å². The smallest absolute Gasteiger partial charge is 0.135 e. The number of H-pyrrole nitrogens is 1. The molecule has 3 heterocycles. The van der Waals surface area contributed by atoms with Crippen LogP contribution >= 0.6 is 0 Å². The van der Waals surface area contributed by atoms with Gasteiger partial charge in [0.1, 0.15) is 11.5 Å². The quantitative estimate of drug-likeness (QED) is 0.666. The van der Waals surface area contributed by atoms with Crippen molar-refractivity contribution in [1.29, 1.82) is 0 Å². The number of nitrogens with zero attached hydrogens (tertiary/aromatic N) is 3. The number of nitrogen functional groups attached to an aromatic ring is 1. The van der Waals surface area contributed by atoms with E-state index in [1.54, 1.807) is 18.3 Å². The van der Waals surface area contributed by atoms with Crippen LogP contribution in [0.5, 0.6) is 0 Å². The minimum absolute atomic E-state index is 0.456. The first kappa shape index (κ1) is 16.6. The largest absolute Gasteiger partial charge is 0.383 e. The maximum Gasteiger partial charge on any atom is 0.135 e. The fraction of sp³-hybridized carbons (Fsp3) is 0. The van der Waals surface area contributed by atoms with Gasteiger partial charge in [0.25, 0.3) is 0 Å². The Hall–Kier alpha value is -3.86. The molecule has 0 bridgehead atoms. The van der Waals surface area contributed by atoms with E-state index in [-0.39, 0.29) is 0 Å². The number of rotatable bonds is 4. The Morgan fingerprint density at radius 1 is 1.22 bits per heavy atom. The number of hydrogen-bond acceptors (Lipinski definition) is 4. The molecule has 0 radical (unpaired) electrons. The zero-order valence-corrected chi connectivity index (χ0v) is 14.8. The zero-order chi connectivity index (χ0) is 19.0. The van der Waals surface area contributed by atoms with E-state index in [4.69, 9.17) is 5.73 Å². The molecule has 0 saturated heterocycles. The molecule has 132 valence electrons. The lowest BCUT2D eigenvalue weighted by Crippen LogP contribution is -2.16. The van der Waals surface area contributed by atoms with Gasteiger partial charge in [-0.1, -0.05) is 37.9 Å². The molecule has 5 heteroatoms. The van der Waals surface area contributed by atoms with Gasteiger partial charge in [0.15, 0.2) is 0 Å². The number of hydrogen-bond donors (Lipinski definition) is 2. The Balaban J connectivity index is 1.83. The van der Waals surface area contributed by atoms with Crippen LogP contribution in [0.3, 0.4) is 0 Å². The van der Waals surface area contributed by atoms with E-state index in [9.17, 15) is 0 Å². The Kier molecular flexibility index (Phi) is 3.97. The second-order valence-electron chi connectivity index (χ2n) is 6.16. The normalized spacial score (nSPS) is 13.7. The van der Waals surface area contributed by atoms with E-state index >= 15 is 0 Å². The average Bonchev–Trinajstić information content (AvgIpc) is 3.12. The number of fused-ring (bicyclic) bond motifs is 2. The lowest BCUT2D eigenvalue weighted by atomic mass is 9.96. The lowest BCUT2D eigenvalue weighted by molar-refractivity contribution is 0.681. The van der Waals surface area contributed by atoms with Crippen molar-refractivity contribution in [1.82, 2.24) is 20.1 Å². The van der Waals surface area contributed by atoms with Crippen LogP contribution in [0, 0.1) is 0 Å². The third kappa shape index (κ3) is 2.66. The Morgan fingerprint density at radius 3 is 2.85 bits per heavy atom. The highest BCUT2D eigenvalue weighted by atomic mass is 15.1. The molecular weight excluding hydrogens is 334 g/mol. The van der Waals surface area contributed by atoms with Crippen molar-refractivity contribution in [3.63, 3.8) is 0 Å². The van der Waals surface area contributed by atoms with Gasteiger partial charge < -0.3 is 10.6 Å². The highest BCUT2D eigenvalue weighted by Gasteiger charge is 2.19. The molecular formula is C22H19N5. The SMILES string of the molecule is C=C/C=C(\C=C)N1C=Cc2ccc(-c3n[nH]c4ccnc(N)c34)cc2C1=C. The van der Waals surface area contributed by atoms with Gasteiger partial charge in [0, 0.05) is 34.9 Å². The predicted molar refractivity (Wildman–Crippen MR) is 112 cm³/mol. The molecule has 0 spiro atoms. The molecule has 1 aliphatic heterocycles. The monoisotopic (exact) mass is 353 g/mol. The van der Waals surface area contributed by atoms with Gasteiger partial charge in [0.2, 0.25) is 0 Å². The van der Waals surface area contributed by atoms with Crippen LogP contribution in [0.4, 0.5) is 5.82 Å². The van der Waals surface area contributed by atoms with Crippen LogP contribution in [0.2, 0.25) is 0 Å². The summed E-state index contributed by atoms with van der Waals surface area (Å²) in [6.07, 6.45) is 11.1. The minimum Gasteiger partial charge on any atom is -0.383 e. The molecule has 5 nitrogen and oxygen atoms in total. The van der Waals surface area contributed by atoms with Crippen molar-refractivity contribution < 1.29 is 0 Å². The molecule has 0 saturated carbocycles. The maximum absolute atomic E-state index is 6.08. The van der Waals surface area contributed by atoms with Crippen molar-refractivity contribution >= 4 is 28.5 Å². The van der Waals surface area contributed by atoms with Crippen LogP contribution in [0.15, 0.2) is 80.3 Å². The van der Waals surface area contributed by atoms with Gasteiger partial charge in [-0.3, -0.25) is 5.10 Å². The summed E-state index contributed by atoms with van der Waals surface area (Å²) < 4.78 is 0. The number of nitrogens with one attached hydrogen (secondary N) is 1. The number of aromatic nitrogens is 3. The van der Waals surface area contributed by atoms with E-state index in [0.717, 1.165) is 44.7 Å². The third-order valence-electron chi connectivity index (χ3n) is 4.61. The number of benzene rings is 1. The summed E-state index contributed by atoms with van der Waals surface area (Å²) in [6.45, 7) is 11.9. The number of allylic oxidation sites excluding steroid dienone is 3. The van der Waals surface area contributed by atoms with Crippen LogP contribution in [-0.2, 0) is 0 Å². The molecule has 0 amide bonds. The van der Waals surface area contributed by atoms with E-state index in [2.05, 4.69) is 47.1 Å². The molecule has 3 N–H and O–H groups in total. The summed E-state index contributed by atoms with van der Waals surface area (Å²) in [5, 5.41) is 8.30. The summed E-state index contributed by atoms with van der Waals surface area (Å²) in [5.74, 6) is 0.456. The van der Waals surface area contributed by atoms with Crippen LogP contribution < -0.4 is 5.73 Å². The van der Waals surface area contributed by atoms with Crippen LogP contribution in [-0.4, -0.2) is 20.1 Å². The molecule has 0 atom stereocenters. The highest BCUT2D eigenvalue weighted by molar-refractivity contribution is 6.00. The number of pyridine rings is 1. The first-order chi connectivity index (χ1) is 13.1. The third-order valence-corrected chi connectivity index (χ3v) is 4.61. The first-order valence-corrected chi connectivity index (χ1v) is 8.49. The van der Waals surface area contributed by atoms with Crippen molar-refractivity contribution in [3.8, 4) is 11.3 Å². The molecule has 3 aromatic rings. The summed E-state index contributed by atoms with van der Waals surface area (Å²) in [6, 6.07) is 8.02. The topological polar surface area (TPSA) is 70.8 Å². The summed E-state index contributed by atoms with van der Waals surface area (Å²) >= 11 is 0. The summed E-state index contributed by atoms with van der Waals surface area (Å²) in [5.41, 5.74) is 12.5. The number of nitrogens with two attached hydrogens (primary N) is 1. The maximum atomic E-state index is 6.08. The molecule has 0 aliphatic carbocycles. The Labute approximate surface area is 157 Å². The van der Waals surface area contributed by atoms with E-state index in [1.807, 2.05) is 35.4 Å². The fourth-order valence-corrected chi connectivity index (χ4v) is 3.28.